The van der Waals surface area contributed by atoms with E-state index in [2.05, 4.69) is 19.1 Å². The SMILES string of the molecule is CCCCC[C@H]1CC[C@H](c2ccc(CCc3ccc(C#N)cc3)cc2F)CC1. The van der Waals surface area contributed by atoms with Gasteiger partial charge < -0.3 is 0 Å². The zero-order valence-corrected chi connectivity index (χ0v) is 17.1. The van der Waals surface area contributed by atoms with E-state index in [1.807, 2.05) is 30.3 Å². The minimum atomic E-state index is -0.0215. The van der Waals surface area contributed by atoms with Crippen LogP contribution in [0.2, 0.25) is 0 Å². The van der Waals surface area contributed by atoms with Crippen LogP contribution in [0.4, 0.5) is 4.39 Å². The van der Waals surface area contributed by atoms with Crippen molar-refractivity contribution in [3.8, 4) is 6.07 Å². The molecule has 0 N–H and O–H groups in total. The molecule has 0 unspecified atom stereocenters. The standard InChI is InChI=1S/C26H32FN/c1-2-3-4-5-20-12-15-24(16-13-20)25-17-14-22(18-26(25)27)9-6-21-7-10-23(19-28)11-8-21/h7-8,10-11,14,17-18,20,24H,2-6,9,12-13,15-16H2,1H3/t20-,24-. The normalized spacial score (nSPS) is 19.3. The molecule has 1 aliphatic carbocycles. The molecule has 2 aromatic carbocycles. The second-order valence-electron chi connectivity index (χ2n) is 8.38. The highest BCUT2D eigenvalue weighted by molar-refractivity contribution is 5.33. The van der Waals surface area contributed by atoms with E-state index in [1.54, 1.807) is 6.07 Å². The Labute approximate surface area is 169 Å². The van der Waals surface area contributed by atoms with Gasteiger partial charge in [0.2, 0.25) is 0 Å². The highest BCUT2D eigenvalue weighted by Crippen LogP contribution is 2.38. The molecule has 1 aliphatic rings. The van der Waals surface area contributed by atoms with Gasteiger partial charge in [0.15, 0.2) is 0 Å². The summed E-state index contributed by atoms with van der Waals surface area (Å²) in [5.41, 5.74) is 3.84. The first-order valence-corrected chi connectivity index (χ1v) is 11.0. The quantitative estimate of drug-likeness (QED) is 0.442. The number of unbranched alkanes of at least 4 members (excludes halogenated alkanes) is 2. The molecule has 0 aromatic heterocycles. The van der Waals surface area contributed by atoms with Crippen LogP contribution < -0.4 is 0 Å². The van der Waals surface area contributed by atoms with Crippen molar-refractivity contribution in [2.24, 2.45) is 5.92 Å². The van der Waals surface area contributed by atoms with Crippen molar-refractivity contribution < 1.29 is 4.39 Å². The van der Waals surface area contributed by atoms with Gasteiger partial charge in [-0.25, -0.2) is 4.39 Å². The van der Waals surface area contributed by atoms with Crippen molar-refractivity contribution in [2.75, 3.05) is 0 Å². The van der Waals surface area contributed by atoms with Crippen LogP contribution in [0.1, 0.15) is 86.5 Å². The molecule has 0 saturated heterocycles. The average molecular weight is 378 g/mol. The molecule has 0 radical (unpaired) electrons. The third-order valence-electron chi connectivity index (χ3n) is 6.35. The third-order valence-corrected chi connectivity index (χ3v) is 6.35. The van der Waals surface area contributed by atoms with Gasteiger partial charge in [0.25, 0.3) is 0 Å². The molecular weight excluding hydrogens is 345 g/mol. The largest absolute Gasteiger partial charge is 0.207 e. The molecule has 148 valence electrons. The van der Waals surface area contributed by atoms with Crippen LogP contribution in [0.25, 0.3) is 0 Å². The van der Waals surface area contributed by atoms with Crippen molar-refractivity contribution >= 4 is 0 Å². The number of benzene rings is 2. The Morgan fingerprint density at radius 3 is 2.25 bits per heavy atom. The fraction of sp³-hybridized carbons (Fsp3) is 0.500. The van der Waals surface area contributed by atoms with Crippen molar-refractivity contribution in [1.82, 2.24) is 0 Å². The maximum absolute atomic E-state index is 14.8. The highest BCUT2D eigenvalue weighted by atomic mass is 19.1. The van der Waals surface area contributed by atoms with Crippen LogP contribution >= 0.6 is 0 Å². The lowest BCUT2D eigenvalue weighted by atomic mass is 9.76. The first-order chi connectivity index (χ1) is 13.7. The second kappa shape index (κ2) is 10.4. The summed E-state index contributed by atoms with van der Waals surface area (Å²) in [5, 5.41) is 8.87. The highest BCUT2D eigenvalue weighted by Gasteiger charge is 2.24. The van der Waals surface area contributed by atoms with E-state index in [9.17, 15) is 4.39 Å². The Morgan fingerprint density at radius 2 is 1.61 bits per heavy atom. The minimum absolute atomic E-state index is 0.0215. The van der Waals surface area contributed by atoms with Gasteiger partial charge in [0.05, 0.1) is 11.6 Å². The van der Waals surface area contributed by atoms with Gasteiger partial charge in [-0.2, -0.15) is 5.26 Å². The van der Waals surface area contributed by atoms with Gasteiger partial charge in [0, 0.05) is 0 Å². The van der Waals surface area contributed by atoms with E-state index in [0.717, 1.165) is 42.7 Å². The van der Waals surface area contributed by atoms with E-state index in [1.165, 1.54) is 44.1 Å². The summed E-state index contributed by atoms with van der Waals surface area (Å²) in [4.78, 5) is 0. The number of aryl methyl sites for hydroxylation is 2. The van der Waals surface area contributed by atoms with Crippen molar-refractivity contribution in [3.05, 3.63) is 70.5 Å². The van der Waals surface area contributed by atoms with Gasteiger partial charge in [0.1, 0.15) is 5.82 Å². The van der Waals surface area contributed by atoms with Gasteiger partial charge in [-0.1, -0.05) is 56.9 Å². The van der Waals surface area contributed by atoms with Gasteiger partial charge in [-0.15, -0.1) is 0 Å². The molecule has 2 aromatic rings. The Morgan fingerprint density at radius 1 is 0.929 bits per heavy atom. The van der Waals surface area contributed by atoms with Crippen LogP contribution in [-0.4, -0.2) is 0 Å². The summed E-state index contributed by atoms with van der Waals surface area (Å²) in [6.07, 6.45) is 11.8. The molecule has 0 bridgehead atoms. The molecule has 1 fully saturated rings. The van der Waals surface area contributed by atoms with E-state index in [0.29, 0.717) is 11.5 Å². The number of rotatable bonds is 8. The van der Waals surface area contributed by atoms with Crippen LogP contribution in [0.3, 0.4) is 0 Å². The molecule has 1 saturated carbocycles. The molecule has 0 atom stereocenters. The van der Waals surface area contributed by atoms with Crippen molar-refractivity contribution in [1.29, 1.82) is 5.26 Å². The molecule has 0 heterocycles. The number of nitriles is 1. The van der Waals surface area contributed by atoms with E-state index >= 15 is 0 Å². The zero-order chi connectivity index (χ0) is 19.8. The van der Waals surface area contributed by atoms with Crippen LogP contribution in [0.5, 0.6) is 0 Å². The summed E-state index contributed by atoms with van der Waals surface area (Å²) in [6, 6.07) is 15.7. The Bertz CT molecular complexity index is 779. The van der Waals surface area contributed by atoms with Crippen LogP contribution in [0.15, 0.2) is 42.5 Å². The Balaban J connectivity index is 1.52. The lowest BCUT2D eigenvalue weighted by molar-refractivity contribution is 0.299. The molecular formula is C26H32FN. The van der Waals surface area contributed by atoms with E-state index in [-0.39, 0.29) is 5.82 Å². The smallest absolute Gasteiger partial charge is 0.126 e. The Hall–Kier alpha value is -2.14. The fourth-order valence-electron chi connectivity index (χ4n) is 4.54. The van der Waals surface area contributed by atoms with Gasteiger partial charge >= 0.3 is 0 Å². The van der Waals surface area contributed by atoms with Crippen LogP contribution in [-0.2, 0) is 12.8 Å². The van der Waals surface area contributed by atoms with Gasteiger partial charge in [-0.3, -0.25) is 0 Å². The van der Waals surface area contributed by atoms with Crippen molar-refractivity contribution in [2.45, 2.75) is 77.0 Å². The number of nitrogens with zero attached hydrogens (tertiary/aromatic N) is 1. The summed E-state index contributed by atoms with van der Waals surface area (Å²) >= 11 is 0. The monoisotopic (exact) mass is 377 g/mol. The van der Waals surface area contributed by atoms with Gasteiger partial charge in [-0.05, 0) is 85.3 Å². The summed E-state index contributed by atoms with van der Waals surface area (Å²) < 4.78 is 14.8. The number of hydrogen-bond acceptors (Lipinski definition) is 1. The predicted molar refractivity (Wildman–Crippen MR) is 114 cm³/mol. The molecule has 1 nitrogen and oxygen atoms in total. The molecule has 3 rings (SSSR count). The number of halogens is 1. The first-order valence-electron chi connectivity index (χ1n) is 11.0. The van der Waals surface area contributed by atoms with Crippen LogP contribution in [0, 0.1) is 23.1 Å². The van der Waals surface area contributed by atoms with E-state index in [4.69, 9.17) is 5.26 Å². The minimum Gasteiger partial charge on any atom is -0.207 e. The lowest BCUT2D eigenvalue weighted by Gasteiger charge is -2.29. The predicted octanol–water partition coefficient (Wildman–Crippen LogP) is 7.34. The lowest BCUT2D eigenvalue weighted by Crippen LogP contribution is -2.14. The first kappa shape index (κ1) is 20.6. The third kappa shape index (κ3) is 5.68. The molecule has 28 heavy (non-hydrogen) atoms. The summed E-state index contributed by atoms with van der Waals surface area (Å²) in [5.74, 6) is 1.24. The molecule has 2 heteroatoms. The molecule has 0 aliphatic heterocycles. The average Bonchev–Trinajstić information content (AvgIpc) is 2.73. The Kier molecular flexibility index (Phi) is 7.66. The molecule has 0 spiro atoms. The second-order valence-corrected chi connectivity index (χ2v) is 8.38. The fourth-order valence-corrected chi connectivity index (χ4v) is 4.54. The summed E-state index contributed by atoms with van der Waals surface area (Å²) in [6.45, 7) is 2.26. The maximum Gasteiger partial charge on any atom is 0.126 e. The summed E-state index contributed by atoms with van der Waals surface area (Å²) in [7, 11) is 0. The van der Waals surface area contributed by atoms with Crippen molar-refractivity contribution in [3.63, 3.8) is 0 Å². The maximum atomic E-state index is 14.8. The van der Waals surface area contributed by atoms with E-state index < -0.39 is 0 Å². The number of hydrogen-bond donors (Lipinski definition) is 0. The molecule has 0 amide bonds. The topological polar surface area (TPSA) is 23.8 Å². The zero-order valence-electron chi connectivity index (χ0n) is 17.1.